The second-order valence-electron chi connectivity index (χ2n) is 4.97. The van der Waals surface area contributed by atoms with E-state index in [-0.39, 0.29) is 11.3 Å². The van der Waals surface area contributed by atoms with E-state index in [0.717, 1.165) is 0 Å². The molecule has 0 aliphatic rings. The van der Waals surface area contributed by atoms with Gasteiger partial charge in [-0.2, -0.15) is 5.10 Å². The molecule has 0 spiro atoms. The number of nitrogens with two attached hydrogens (primary N) is 1. The van der Waals surface area contributed by atoms with Crippen LogP contribution in [0.2, 0.25) is 5.02 Å². The molecule has 0 aliphatic carbocycles. The summed E-state index contributed by atoms with van der Waals surface area (Å²) in [6.45, 7) is 4.78. The first-order valence-corrected chi connectivity index (χ1v) is 6.25. The predicted octanol–water partition coefficient (Wildman–Crippen LogP) is 1.88. The Hall–Kier alpha value is -0.910. The minimum Gasteiger partial charge on any atom is -0.383 e. The molecule has 0 aromatic carbocycles. The molecule has 0 aliphatic heterocycles. The Labute approximate surface area is 112 Å². The van der Waals surface area contributed by atoms with Gasteiger partial charge in [-0.3, -0.25) is 9.48 Å². The van der Waals surface area contributed by atoms with Crippen molar-refractivity contribution in [3.63, 3.8) is 0 Å². The molecular formula is C12H20ClN3O2. The molecule has 6 heteroatoms. The van der Waals surface area contributed by atoms with Crippen LogP contribution < -0.4 is 5.73 Å². The second kappa shape index (κ2) is 6.31. The minimum atomic E-state index is -0.362. The van der Waals surface area contributed by atoms with Crippen LogP contribution in [-0.2, 0) is 11.3 Å². The summed E-state index contributed by atoms with van der Waals surface area (Å²) in [7, 11) is 1.60. The number of nitrogens with zero attached hydrogens (tertiary/aromatic N) is 2. The van der Waals surface area contributed by atoms with E-state index in [0.29, 0.717) is 36.7 Å². The maximum atomic E-state index is 12.1. The van der Waals surface area contributed by atoms with Gasteiger partial charge in [0.1, 0.15) is 5.69 Å². The lowest BCUT2D eigenvalue weighted by Gasteiger charge is -2.17. The molecule has 5 nitrogen and oxygen atoms in total. The van der Waals surface area contributed by atoms with Crippen molar-refractivity contribution in [2.45, 2.75) is 38.8 Å². The number of ether oxygens (including phenoxy) is 1. The molecule has 0 amide bonds. The molecular weight excluding hydrogens is 254 g/mol. The van der Waals surface area contributed by atoms with Crippen molar-refractivity contribution in [1.82, 2.24) is 9.78 Å². The van der Waals surface area contributed by atoms with E-state index in [9.17, 15) is 4.79 Å². The zero-order valence-corrected chi connectivity index (χ0v) is 11.8. The van der Waals surface area contributed by atoms with E-state index in [1.807, 2.05) is 13.8 Å². The van der Waals surface area contributed by atoms with Gasteiger partial charge in [0.15, 0.2) is 5.78 Å². The molecule has 102 valence electrons. The third kappa shape index (κ3) is 4.40. The molecule has 1 aromatic rings. The fraction of sp³-hybridized carbons (Fsp3) is 0.667. The van der Waals surface area contributed by atoms with Crippen LogP contribution in [0, 0.1) is 0 Å². The van der Waals surface area contributed by atoms with Crippen LogP contribution in [0.1, 0.15) is 37.2 Å². The van der Waals surface area contributed by atoms with Crippen molar-refractivity contribution in [3.05, 3.63) is 16.9 Å². The topological polar surface area (TPSA) is 70.1 Å². The highest BCUT2D eigenvalue weighted by Gasteiger charge is 2.20. The highest BCUT2D eigenvalue weighted by molar-refractivity contribution is 6.33. The molecule has 0 radical (unpaired) electrons. The van der Waals surface area contributed by atoms with Crippen LogP contribution >= 0.6 is 11.6 Å². The van der Waals surface area contributed by atoms with Gasteiger partial charge in [0, 0.05) is 19.1 Å². The summed E-state index contributed by atoms with van der Waals surface area (Å²) in [5.41, 5.74) is 5.95. The first-order chi connectivity index (χ1) is 8.35. The van der Waals surface area contributed by atoms with E-state index in [1.54, 1.807) is 11.8 Å². The van der Waals surface area contributed by atoms with Crippen molar-refractivity contribution >= 4 is 17.4 Å². The number of aromatic nitrogens is 2. The smallest absolute Gasteiger partial charge is 0.182 e. The molecule has 1 aromatic heterocycles. The van der Waals surface area contributed by atoms with Crippen molar-refractivity contribution in [3.8, 4) is 0 Å². The highest BCUT2D eigenvalue weighted by Crippen LogP contribution is 2.19. The third-order valence-electron chi connectivity index (χ3n) is 2.56. The second-order valence-corrected chi connectivity index (χ2v) is 5.38. The number of Topliss-reactive ketones (excluding diaryl/α,β-unsaturated/α-hetero) is 1. The lowest BCUT2D eigenvalue weighted by atomic mass is 9.97. The first kappa shape index (κ1) is 15.1. The summed E-state index contributed by atoms with van der Waals surface area (Å²) >= 11 is 5.99. The van der Waals surface area contributed by atoms with Gasteiger partial charge in [-0.25, -0.2) is 0 Å². The minimum absolute atomic E-state index is 0.0351. The number of carbonyl (C=O) groups excluding carboxylic acids is 1. The van der Waals surface area contributed by atoms with E-state index in [1.165, 1.54) is 6.20 Å². The molecule has 0 unspecified atom stereocenters. The van der Waals surface area contributed by atoms with Crippen molar-refractivity contribution in [2.24, 2.45) is 5.73 Å². The van der Waals surface area contributed by atoms with Gasteiger partial charge in [0.25, 0.3) is 0 Å². The molecule has 0 fully saturated rings. The SMILES string of the molecule is COCCn1ncc(Cl)c1C(=O)CCC(C)(C)N. The first-order valence-electron chi connectivity index (χ1n) is 5.87. The number of halogens is 1. The molecule has 1 rings (SSSR count). The van der Waals surface area contributed by atoms with Gasteiger partial charge in [-0.15, -0.1) is 0 Å². The summed E-state index contributed by atoms with van der Waals surface area (Å²) in [6, 6.07) is 0. The van der Waals surface area contributed by atoms with Gasteiger partial charge in [-0.05, 0) is 20.3 Å². The maximum absolute atomic E-state index is 12.1. The fourth-order valence-corrected chi connectivity index (χ4v) is 1.79. The maximum Gasteiger partial charge on any atom is 0.182 e. The summed E-state index contributed by atoms with van der Waals surface area (Å²) in [5, 5.41) is 4.45. The largest absolute Gasteiger partial charge is 0.383 e. The number of methoxy groups -OCH3 is 1. The zero-order chi connectivity index (χ0) is 13.8. The van der Waals surface area contributed by atoms with Crippen LogP contribution in [0.25, 0.3) is 0 Å². The summed E-state index contributed by atoms with van der Waals surface area (Å²) in [5.74, 6) is -0.0351. The van der Waals surface area contributed by atoms with Gasteiger partial charge in [-0.1, -0.05) is 11.6 Å². The van der Waals surface area contributed by atoms with Crippen LogP contribution in [0.15, 0.2) is 6.20 Å². The van der Waals surface area contributed by atoms with Crippen molar-refractivity contribution in [2.75, 3.05) is 13.7 Å². The standard InChI is InChI=1S/C12H20ClN3O2/c1-12(2,14)5-4-10(17)11-9(13)8-15-16(11)6-7-18-3/h8H,4-7,14H2,1-3H3. The lowest BCUT2D eigenvalue weighted by molar-refractivity contribution is 0.0958. The molecule has 0 atom stereocenters. The summed E-state index contributed by atoms with van der Waals surface area (Å²) < 4.78 is 6.55. The Morgan fingerprint density at radius 3 is 2.83 bits per heavy atom. The Balaban J connectivity index is 2.75. The third-order valence-corrected chi connectivity index (χ3v) is 2.84. The molecule has 0 bridgehead atoms. The zero-order valence-electron chi connectivity index (χ0n) is 11.1. The number of ketones is 1. The van der Waals surface area contributed by atoms with E-state index < -0.39 is 0 Å². The Morgan fingerprint density at radius 1 is 1.61 bits per heavy atom. The van der Waals surface area contributed by atoms with Crippen LogP contribution in [0.3, 0.4) is 0 Å². The van der Waals surface area contributed by atoms with Gasteiger partial charge in [0.2, 0.25) is 0 Å². The van der Waals surface area contributed by atoms with E-state index in [4.69, 9.17) is 22.1 Å². The predicted molar refractivity (Wildman–Crippen MR) is 70.9 cm³/mol. The monoisotopic (exact) mass is 273 g/mol. The fourth-order valence-electron chi connectivity index (χ4n) is 1.54. The number of rotatable bonds is 7. The van der Waals surface area contributed by atoms with Gasteiger partial charge >= 0.3 is 0 Å². The Morgan fingerprint density at radius 2 is 2.28 bits per heavy atom. The van der Waals surface area contributed by atoms with Gasteiger partial charge < -0.3 is 10.5 Å². The van der Waals surface area contributed by atoms with Crippen LogP contribution in [0.4, 0.5) is 0 Å². The Bertz CT molecular complexity index is 410. The van der Waals surface area contributed by atoms with Crippen LogP contribution in [0.5, 0.6) is 0 Å². The van der Waals surface area contributed by atoms with Crippen molar-refractivity contribution < 1.29 is 9.53 Å². The molecule has 0 saturated heterocycles. The average Bonchev–Trinajstić information content (AvgIpc) is 2.64. The lowest BCUT2D eigenvalue weighted by Crippen LogP contribution is -2.32. The highest BCUT2D eigenvalue weighted by atomic mass is 35.5. The Kier molecular flexibility index (Phi) is 5.31. The number of hydrogen-bond acceptors (Lipinski definition) is 4. The number of hydrogen-bond donors (Lipinski definition) is 1. The van der Waals surface area contributed by atoms with Gasteiger partial charge in [0.05, 0.1) is 24.4 Å². The molecule has 18 heavy (non-hydrogen) atoms. The van der Waals surface area contributed by atoms with Crippen molar-refractivity contribution in [1.29, 1.82) is 0 Å². The normalized spacial score (nSPS) is 11.8. The van der Waals surface area contributed by atoms with E-state index >= 15 is 0 Å². The quantitative estimate of drug-likeness (QED) is 0.770. The summed E-state index contributed by atoms with van der Waals surface area (Å²) in [4.78, 5) is 12.1. The number of carbonyl (C=O) groups is 1. The molecule has 0 saturated carbocycles. The molecule has 2 N–H and O–H groups in total. The summed E-state index contributed by atoms with van der Waals surface area (Å²) in [6.07, 6.45) is 2.46. The average molecular weight is 274 g/mol. The van der Waals surface area contributed by atoms with Crippen LogP contribution in [-0.4, -0.2) is 34.8 Å². The van der Waals surface area contributed by atoms with E-state index in [2.05, 4.69) is 5.10 Å². The molecule has 1 heterocycles.